The molecule has 3 rings (SSSR count). The Hall–Kier alpha value is -3.52. The first-order valence-electron chi connectivity index (χ1n) is 10.5. The van der Waals surface area contributed by atoms with Crippen LogP contribution >= 0.6 is 11.8 Å². The van der Waals surface area contributed by atoms with Gasteiger partial charge in [0.15, 0.2) is 11.5 Å². The average molecular weight is 467 g/mol. The zero-order valence-corrected chi connectivity index (χ0v) is 19.7. The van der Waals surface area contributed by atoms with Crippen LogP contribution in [0, 0.1) is 13.8 Å². The highest BCUT2D eigenvalue weighted by atomic mass is 32.2. The maximum absolute atomic E-state index is 12.8. The Kier molecular flexibility index (Phi) is 7.95. The van der Waals surface area contributed by atoms with Crippen LogP contribution in [0.5, 0.6) is 11.5 Å². The maximum atomic E-state index is 12.8. The van der Waals surface area contributed by atoms with Gasteiger partial charge in [0.25, 0.3) is 11.1 Å². The van der Waals surface area contributed by atoms with Gasteiger partial charge in [-0.05, 0) is 73.5 Å². The molecular formula is C25H26N2O5S. The molecule has 0 aromatic heterocycles. The van der Waals surface area contributed by atoms with E-state index < -0.39 is 17.1 Å². The van der Waals surface area contributed by atoms with E-state index in [4.69, 9.17) is 9.47 Å². The Morgan fingerprint density at radius 1 is 1.12 bits per heavy atom. The number of hydrogen-bond acceptors (Lipinski definition) is 6. The van der Waals surface area contributed by atoms with Crippen molar-refractivity contribution in [2.24, 2.45) is 0 Å². The molecule has 0 bridgehead atoms. The number of carbonyl (C=O) groups excluding carboxylic acids is 3. The highest BCUT2D eigenvalue weighted by Gasteiger charge is 2.36. The number of ether oxygens (including phenoxy) is 2. The van der Waals surface area contributed by atoms with Gasteiger partial charge in [-0.15, -0.1) is 0 Å². The van der Waals surface area contributed by atoms with Crippen LogP contribution in [-0.4, -0.2) is 41.7 Å². The number of hydrogen-bond donors (Lipinski definition) is 1. The quantitative estimate of drug-likeness (QED) is 0.416. The number of aryl methyl sites for hydroxylation is 2. The SMILES string of the molecule is C=CCOc1ccc(/C=C2/SC(=O)N(CC(=O)Nc3cc(C)ccc3C)C2=O)cc1OCC. The van der Waals surface area contributed by atoms with E-state index in [1.165, 1.54) is 0 Å². The average Bonchev–Trinajstić information content (AvgIpc) is 3.03. The van der Waals surface area contributed by atoms with Crippen molar-refractivity contribution in [2.75, 3.05) is 25.1 Å². The second-order valence-electron chi connectivity index (χ2n) is 7.37. The number of nitrogens with one attached hydrogen (secondary N) is 1. The molecule has 0 aliphatic carbocycles. The van der Waals surface area contributed by atoms with Gasteiger partial charge in [-0.2, -0.15) is 0 Å². The first-order valence-corrected chi connectivity index (χ1v) is 11.3. The number of imide groups is 1. The minimum absolute atomic E-state index is 0.238. The molecule has 1 saturated heterocycles. The summed E-state index contributed by atoms with van der Waals surface area (Å²) in [5.74, 6) is 0.144. The van der Waals surface area contributed by atoms with Gasteiger partial charge < -0.3 is 14.8 Å². The molecule has 2 aromatic carbocycles. The number of anilines is 1. The standard InChI is InChI=1S/C25H26N2O5S/c1-5-11-32-20-10-9-18(13-21(20)31-6-2)14-22-24(29)27(25(30)33-22)15-23(28)26-19-12-16(3)7-8-17(19)4/h5,7-10,12-14H,1,6,11,15H2,2-4H3,(H,26,28)/b22-14+. The van der Waals surface area contributed by atoms with Gasteiger partial charge in [0.1, 0.15) is 13.2 Å². The van der Waals surface area contributed by atoms with E-state index in [2.05, 4.69) is 11.9 Å². The summed E-state index contributed by atoms with van der Waals surface area (Å²) in [5, 5.41) is 2.29. The van der Waals surface area contributed by atoms with Crippen LogP contribution in [0.1, 0.15) is 23.6 Å². The molecular weight excluding hydrogens is 440 g/mol. The molecule has 33 heavy (non-hydrogen) atoms. The molecule has 0 atom stereocenters. The Labute approximate surface area is 197 Å². The molecule has 172 valence electrons. The molecule has 0 radical (unpaired) electrons. The molecule has 1 aliphatic rings. The third-order valence-electron chi connectivity index (χ3n) is 4.76. The molecule has 8 heteroatoms. The molecule has 1 aliphatic heterocycles. The lowest BCUT2D eigenvalue weighted by Crippen LogP contribution is -2.36. The van der Waals surface area contributed by atoms with Gasteiger partial charge in [-0.3, -0.25) is 19.3 Å². The second-order valence-corrected chi connectivity index (χ2v) is 8.37. The molecule has 0 unspecified atom stereocenters. The molecule has 0 spiro atoms. The van der Waals surface area contributed by atoms with Crippen molar-refractivity contribution < 1.29 is 23.9 Å². The van der Waals surface area contributed by atoms with Gasteiger partial charge in [-0.25, -0.2) is 0 Å². The summed E-state index contributed by atoms with van der Waals surface area (Å²) in [7, 11) is 0. The Bertz CT molecular complexity index is 1130. The minimum Gasteiger partial charge on any atom is -0.490 e. The van der Waals surface area contributed by atoms with E-state index in [9.17, 15) is 14.4 Å². The van der Waals surface area contributed by atoms with Gasteiger partial charge in [0, 0.05) is 5.69 Å². The number of rotatable bonds is 9. The zero-order valence-electron chi connectivity index (χ0n) is 18.8. The topological polar surface area (TPSA) is 84.9 Å². The summed E-state index contributed by atoms with van der Waals surface area (Å²) in [6, 6.07) is 10.9. The van der Waals surface area contributed by atoms with Crippen LogP contribution in [0.3, 0.4) is 0 Å². The number of carbonyl (C=O) groups is 3. The Balaban J connectivity index is 1.73. The van der Waals surface area contributed by atoms with Gasteiger partial charge >= 0.3 is 0 Å². The van der Waals surface area contributed by atoms with Gasteiger partial charge in [0.2, 0.25) is 5.91 Å². The van der Waals surface area contributed by atoms with E-state index in [0.29, 0.717) is 36.0 Å². The highest BCUT2D eigenvalue weighted by Crippen LogP contribution is 2.34. The van der Waals surface area contributed by atoms with Crippen LogP contribution in [0.2, 0.25) is 0 Å². The van der Waals surface area contributed by atoms with Gasteiger partial charge in [0.05, 0.1) is 11.5 Å². The highest BCUT2D eigenvalue weighted by molar-refractivity contribution is 8.18. The van der Waals surface area contributed by atoms with E-state index in [-0.39, 0.29) is 11.4 Å². The predicted octanol–water partition coefficient (Wildman–Crippen LogP) is 4.94. The largest absolute Gasteiger partial charge is 0.490 e. The van der Waals surface area contributed by atoms with Crippen LogP contribution in [0.4, 0.5) is 10.5 Å². The van der Waals surface area contributed by atoms with Crippen molar-refractivity contribution in [3.05, 3.63) is 70.6 Å². The fourth-order valence-electron chi connectivity index (χ4n) is 3.14. The number of benzene rings is 2. The summed E-state index contributed by atoms with van der Waals surface area (Å²) >= 11 is 0.801. The summed E-state index contributed by atoms with van der Waals surface area (Å²) in [5.41, 5.74) is 3.23. The molecule has 1 heterocycles. The summed E-state index contributed by atoms with van der Waals surface area (Å²) < 4.78 is 11.2. The number of nitrogens with zero attached hydrogens (tertiary/aromatic N) is 1. The van der Waals surface area contributed by atoms with Crippen LogP contribution in [0.15, 0.2) is 54.0 Å². The van der Waals surface area contributed by atoms with Crippen molar-refractivity contribution in [1.29, 1.82) is 0 Å². The van der Waals surface area contributed by atoms with Crippen molar-refractivity contribution in [3.63, 3.8) is 0 Å². The normalized spacial score (nSPS) is 14.5. The van der Waals surface area contributed by atoms with Crippen LogP contribution < -0.4 is 14.8 Å². The van der Waals surface area contributed by atoms with Crippen molar-refractivity contribution >= 4 is 40.6 Å². The van der Waals surface area contributed by atoms with Crippen molar-refractivity contribution in [1.82, 2.24) is 4.90 Å². The lowest BCUT2D eigenvalue weighted by molar-refractivity contribution is -0.127. The third-order valence-corrected chi connectivity index (χ3v) is 5.67. The minimum atomic E-state index is -0.508. The Morgan fingerprint density at radius 2 is 1.91 bits per heavy atom. The van der Waals surface area contributed by atoms with E-state index in [0.717, 1.165) is 27.8 Å². The van der Waals surface area contributed by atoms with Gasteiger partial charge in [-0.1, -0.05) is 30.9 Å². The lowest BCUT2D eigenvalue weighted by atomic mass is 10.1. The van der Waals surface area contributed by atoms with Crippen molar-refractivity contribution in [2.45, 2.75) is 20.8 Å². The molecule has 2 aromatic rings. The third kappa shape index (κ3) is 6.04. The fourth-order valence-corrected chi connectivity index (χ4v) is 3.98. The molecule has 7 nitrogen and oxygen atoms in total. The number of amides is 3. The van der Waals surface area contributed by atoms with E-state index in [1.807, 2.05) is 39.0 Å². The second kappa shape index (κ2) is 10.9. The van der Waals surface area contributed by atoms with Crippen LogP contribution in [-0.2, 0) is 9.59 Å². The monoisotopic (exact) mass is 466 g/mol. The fraction of sp³-hybridized carbons (Fsp3) is 0.240. The summed E-state index contributed by atoms with van der Waals surface area (Å²) in [6.45, 7) is 9.72. The predicted molar refractivity (Wildman–Crippen MR) is 131 cm³/mol. The number of thioether (sulfide) groups is 1. The van der Waals surface area contributed by atoms with E-state index in [1.54, 1.807) is 30.4 Å². The first kappa shape index (κ1) is 24.1. The molecule has 3 amide bonds. The van der Waals surface area contributed by atoms with Crippen molar-refractivity contribution in [3.8, 4) is 11.5 Å². The van der Waals surface area contributed by atoms with E-state index >= 15 is 0 Å². The Morgan fingerprint density at radius 3 is 2.64 bits per heavy atom. The maximum Gasteiger partial charge on any atom is 0.294 e. The smallest absolute Gasteiger partial charge is 0.294 e. The molecule has 1 N–H and O–H groups in total. The lowest BCUT2D eigenvalue weighted by Gasteiger charge is -2.14. The first-order chi connectivity index (χ1) is 15.8. The summed E-state index contributed by atoms with van der Waals surface area (Å²) in [6.07, 6.45) is 3.24. The molecule has 1 fully saturated rings. The summed E-state index contributed by atoms with van der Waals surface area (Å²) in [4.78, 5) is 38.9. The molecule has 0 saturated carbocycles. The van der Waals surface area contributed by atoms with Crippen LogP contribution in [0.25, 0.3) is 6.08 Å². The zero-order chi connectivity index (χ0) is 24.0.